The molecule has 1 aliphatic rings. The van der Waals surface area contributed by atoms with Crippen LogP contribution in [0.4, 0.5) is 4.79 Å². The van der Waals surface area contributed by atoms with E-state index in [9.17, 15) is 4.79 Å². The second kappa shape index (κ2) is 4.75. The molecule has 0 aromatic heterocycles. The highest BCUT2D eigenvalue weighted by Crippen LogP contribution is 2.26. The lowest BCUT2D eigenvalue weighted by Crippen LogP contribution is -2.47. The first-order chi connectivity index (χ1) is 8.08. The zero-order chi connectivity index (χ0) is 12.4. The van der Waals surface area contributed by atoms with Gasteiger partial charge < -0.3 is 15.7 Å². The molecule has 2 rings (SSSR count). The number of hydrogen-bond acceptors (Lipinski definition) is 2. The van der Waals surface area contributed by atoms with E-state index in [4.69, 9.17) is 10.8 Å². The third kappa shape index (κ3) is 2.58. The van der Waals surface area contributed by atoms with Crippen LogP contribution in [0.3, 0.4) is 0 Å². The minimum Gasteiger partial charge on any atom is -0.465 e. The summed E-state index contributed by atoms with van der Waals surface area (Å²) in [5, 5.41) is 9.02. The van der Waals surface area contributed by atoms with Gasteiger partial charge in [0.25, 0.3) is 0 Å². The number of piperidine rings is 1. The summed E-state index contributed by atoms with van der Waals surface area (Å²) in [5.41, 5.74) is 8.43. The molecule has 1 aliphatic heterocycles. The lowest BCUT2D eigenvalue weighted by atomic mass is 9.86. The highest BCUT2D eigenvalue weighted by molar-refractivity contribution is 5.65. The maximum atomic E-state index is 11.0. The Hall–Kier alpha value is -1.55. The van der Waals surface area contributed by atoms with Gasteiger partial charge in [0.15, 0.2) is 0 Å². The van der Waals surface area contributed by atoms with Gasteiger partial charge in [0, 0.05) is 25.0 Å². The molecule has 0 bridgehead atoms. The van der Waals surface area contributed by atoms with Gasteiger partial charge in [0.2, 0.25) is 0 Å². The predicted octanol–water partition coefficient (Wildman–Crippen LogP) is 1.79. The molecule has 0 saturated carbocycles. The van der Waals surface area contributed by atoms with Gasteiger partial charge in [-0.1, -0.05) is 29.8 Å². The number of rotatable bonds is 1. The van der Waals surface area contributed by atoms with E-state index in [0.717, 1.165) is 12.0 Å². The van der Waals surface area contributed by atoms with Crippen molar-refractivity contribution in [3.8, 4) is 0 Å². The number of nitrogens with two attached hydrogens (primary N) is 1. The smallest absolute Gasteiger partial charge is 0.407 e. The molecule has 17 heavy (non-hydrogen) atoms. The minimum atomic E-state index is -0.853. The molecule has 3 N–H and O–H groups in total. The van der Waals surface area contributed by atoms with Crippen LogP contribution in [0.15, 0.2) is 24.3 Å². The monoisotopic (exact) mass is 234 g/mol. The number of carboxylic acid groups (broad SMARTS) is 1. The fourth-order valence-electron chi connectivity index (χ4n) is 2.31. The summed E-state index contributed by atoms with van der Waals surface area (Å²) in [5.74, 6) is 0.112. The van der Waals surface area contributed by atoms with E-state index in [1.807, 2.05) is 31.2 Å². The van der Waals surface area contributed by atoms with Gasteiger partial charge in [-0.05, 0) is 18.9 Å². The number of nitrogens with zero attached hydrogens (tertiary/aromatic N) is 1. The van der Waals surface area contributed by atoms with E-state index in [1.54, 1.807) is 0 Å². The molecule has 1 saturated heterocycles. The van der Waals surface area contributed by atoms with Crippen molar-refractivity contribution in [3.63, 3.8) is 0 Å². The van der Waals surface area contributed by atoms with Gasteiger partial charge >= 0.3 is 6.09 Å². The summed E-state index contributed by atoms with van der Waals surface area (Å²) < 4.78 is 0. The quantitative estimate of drug-likeness (QED) is 0.778. The van der Waals surface area contributed by atoms with Gasteiger partial charge in [0.05, 0.1) is 0 Å². The largest absolute Gasteiger partial charge is 0.465 e. The Morgan fingerprint density at radius 2 is 2.06 bits per heavy atom. The second-order valence-corrected chi connectivity index (χ2v) is 4.70. The Bertz CT molecular complexity index is 402. The molecule has 2 unspecified atom stereocenters. The van der Waals surface area contributed by atoms with Gasteiger partial charge in [-0.25, -0.2) is 4.79 Å². The van der Waals surface area contributed by atoms with E-state index < -0.39 is 6.09 Å². The van der Waals surface area contributed by atoms with E-state index in [2.05, 4.69) is 0 Å². The zero-order valence-corrected chi connectivity index (χ0v) is 9.97. The van der Waals surface area contributed by atoms with E-state index in [1.165, 1.54) is 10.5 Å². The van der Waals surface area contributed by atoms with Crippen molar-refractivity contribution in [2.75, 3.05) is 13.1 Å². The summed E-state index contributed by atoms with van der Waals surface area (Å²) >= 11 is 0. The van der Waals surface area contributed by atoms with Gasteiger partial charge in [-0.2, -0.15) is 0 Å². The van der Waals surface area contributed by atoms with Crippen LogP contribution in [0, 0.1) is 6.92 Å². The molecular weight excluding hydrogens is 216 g/mol. The van der Waals surface area contributed by atoms with Crippen molar-refractivity contribution in [3.05, 3.63) is 35.4 Å². The second-order valence-electron chi connectivity index (χ2n) is 4.70. The molecule has 2 atom stereocenters. The van der Waals surface area contributed by atoms with Crippen molar-refractivity contribution >= 4 is 6.09 Å². The number of aryl methyl sites for hydroxylation is 1. The summed E-state index contributed by atoms with van der Waals surface area (Å²) in [6, 6.07) is 8.23. The van der Waals surface area contributed by atoms with Crippen LogP contribution >= 0.6 is 0 Å². The first-order valence-electron chi connectivity index (χ1n) is 5.88. The molecule has 1 amide bonds. The summed E-state index contributed by atoms with van der Waals surface area (Å²) in [7, 11) is 0. The Balaban J connectivity index is 2.17. The van der Waals surface area contributed by atoms with Crippen molar-refractivity contribution in [1.29, 1.82) is 0 Å². The molecule has 4 heteroatoms. The van der Waals surface area contributed by atoms with E-state index in [0.29, 0.717) is 13.1 Å². The Morgan fingerprint density at radius 3 is 2.65 bits per heavy atom. The highest BCUT2D eigenvalue weighted by Gasteiger charge is 2.29. The third-order valence-corrected chi connectivity index (χ3v) is 3.44. The number of benzene rings is 1. The van der Waals surface area contributed by atoms with Crippen LogP contribution in [0.2, 0.25) is 0 Å². The molecule has 0 aliphatic carbocycles. The fraction of sp³-hybridized carbons (Fsp3) is 0.462. The lowest BCUT2D eigenvalue weighted by molar-refractivity contribution is 0.126. The molecule has 1 aromatic carbocycles. The number of hydrogen-bond donors (Lipinski definition) is 2. The summed E-state index contributed by atoms with van der Waals surface area (Å²) in [6.07, 6.45) is -0.126. The maximum Gasteiger partial charge on any atom is 0.407 e. The molecule has 1 fully saturated rings. The van der Waals surface area contributed by atoms with Crippen LogP contribution in [-0.4, -0.2) is 35.2 Å². The van der Waals surface area contributed by atoms with Gasteiger partial charge in [-0.3, -0.25) is 0 Å². The molecule has 0 radical (unpaired) electrons. The fourth-order valence-corrected chi connectivity index (χ4v) is 2.31. The molecule has 4 nitrogen and oxygen atoms in total. The normalized spacial score (nSPS) is 24.7. The van der Waals surface area contributed by atoms with Gasteiger partial charge in [-0.15, -0.1) is 0 Å². The van der Waals surface area contributed by atoms with Crippen molar-refractivity contribution in [2.24, 2.45) is 5.73 Å². The molecule has 0 spiro atoms. The molecule has 92 valence electrons. The van der Waals surface area contributed by atoms with Crippen molar-refractivity contribution in [1.82, 2.24) is 4.90 Å². The highest BCUT2D eigenvalue weighted by atomic mass is 16.4. The van der Waals surface area contributed by atoms with Crippen molar-refractivity contribution < 1.29 is 9.90 Å². The molecular formula is C13H18N2O2. The number of likely N-dealkylation sites (tertiary alicyclic amines) is 1. The number of carbonyl (C=O) groups is 1. The predicted molar refractivity (Wildman–Crippen MR) is 66.1 cm³/mol. The Kier molecular flexibility index (Phi) is 3.33. The Labute approximate surface area is 101 Å². The van der Waals surface area contributed by atoms with Crippen molar-refractivity contribution in [2.45, 2.75) is 25.3 Å². The summed E-state index contributed by atoms with van der Waals surface area (Å²) in [6.45, 7) is 3.08. The van der Waals surface area contributed by atoms with E-state index in [-0.39, 0.29) is 12.0 Å². The van der Waals surface area contributed by atoms with E-state index >= 15 is 0 Å². The van der Waals surface area contributed by atoms with Crippen LogP contribution < -0.4 is 5.73 Å². The zero-order valence-electron chi connectivity index (χ0n) is 9.97. The van der Waals surface area contributed by atoms with Crippen LogP contribution in [0.25, 0.3) is 0 Å². The third-order valence-electron chi connectivity index (χ3n) is 3.44. The first-order valence-corrected chi connectivity index (χ1v) is 5.88. The summed E-state index contributed by atoms with van der Waals surface area (Å²) in [4.78, 5) is 12.4. The Morgan fingerprint density at radius 1 is 1.41 bits per heavy atom. The minimum absolute atomic E-state index is 0.0494. The average Bonchev–Trinajstić information content (AvgIpc) is 2.31. The lowest BCUT2D eigenvalue weighted by Gasteiger charge is -2.35. The molecule has 1 heterocycles. The van der Waals surface area contributed by atoms with Gasteiger partial charge in [0.1, 0.15) is 0 Å². The topological polar surface area (TPSA) is 66.6 Å². The molecule has 1 aromatic rings. The number of amides is 1. The van der Waals surface area contributed by atoms with Crippen LogP contribution in [-0.2, 0) is 0 Å². The maximum absolute atomic E-state index is 11.0. The van der Waals surface area contributed by atoms with Crippen LogP contribution in [0.5, 0.6) is 0 Å². The average molecular weight is 234 g/mol. The first kappa shape index (κ1) is 11.9. The standard InChI is InChI=1S/C13H18N2O2/c1-9-2-4-10(5-3-9)11-8-15(13(16)17)7-6-12(11)14/h2-5,11-12H,6-8,14H2,1H3,(H,16,17). The van der Waals surface area contributed by atoms with Crippen LogP contribution in [0.1, 0.15) is 23.5 Å². The SMILES string of the molecule is Cc1ccc(C2CN(C(=O)O)CCC2N)cc1.